The van der Waals surface area contributed by atoms with Crippen LogP contribution in [-0.2, 0) is 0 Å². The molecule has 2 aromatic carbocycles. The predicted octanol–water partition coefficient (Wildman–Crippen LogP) is 5.60. The maximum absolute atomic E-state index is 6.24. The molecule has 6 nitrogen and oxygen atoms in total. The Bertz CT molecular complexity index is 1200. The van der Waals surface area contributed by atoms with Crippen LogP contribution in [0.2, 0.25) is 0 Å². The molecule has 3 atom stereocenters. The minimum absolute atomic E-state index is 0.305. The number of anilines is 1. The second-order valence-corrected chi connectivity index (χ2v) is 11.3. The van der Waals surface area contributed by atoms with E-state index >= 15 is 0 Å². The Hall–Kier alpha value is -2.48. The lowest BCUT2D eigenvalue weighted by Gasteiger charge is -2.27. The number of thioether (sulfide) groups is 1. The molecule has 3 heterocycles. The van der Waals surface area contributed by atoms with Gasteiger partial charge in [0, 0.05) is 48.4 Å². The summed E-state index contributed by atoms with van der Waals surface area (Å²) in [6, 6.07) is 18.1. The number of nitrogens with zero attached hydrogens (tertiary/aromatic N) is 2. The quantitative estimate of drug-likeness (QED) is 0.403. The van der Waals surface area contributed by atoms with Crippen LogP contribution in [-0.4, -0.2) is 57.9 Å². The van der Waals surface area contributed by atoms with Crippen LogP contribution in [0.25, 0.3) is 10.9 Å². The summed E-state index contributed by atoms with van der Waals surface area (Å²) in [4.78, 5) is 11.4. The van der Waals surface area contributed by atoms with E-state index in [1.54, 1.807) is 0 Å². The lowest BCUT2D eigenvalue weighted by atomic mass is 10.1. The van der Waals surface area contributed by atoms with Crippen molar-refractivity contribution in [2.24, 2.45) is 10.7 Å². The Morgan fingerprint density at radius 2 is 1.94 bits per heavy atom. The molecule has 0 spiro atoms. The fourth-order valence-corrected chi connectivity index (χ4v) is 6.79. The van der Waals surface area contributed by atoms with Crippen molar-refractivity contribution in [3.63, 3.8) is 0 Å². The predicted molar refractivity (Wildman–Crippen MR) is 147 cm³/mol. The highest BCUT2D eigenvalue weighted by Gasteiger charge is 2.32. The number of nitrogens with two attached hydrogens (primary N) is 1. The zero-order chi connectivity index (χ0) is 23.8. The van der Waals surface area contributed by atoms with Gasteiger partial charge in [0.1, 0.15) is 16.5 Å². The van der Waals surface area contributed by atoms with E-state index in [2.05, 4.69) is 40.3 Å². The van der Waals surface area contributed by atoms with Crippen LogP contribution in [0.5, 0.6) is 11.5 Å². The van der Waals surface area contributed by atoms with Gasteiger partial charge >= 0.3 is 0 Å². The minimum atomic E-state index is 0.305. The van der Waals surface area contributed by atoms with Gasteiger partial charge in [-0.25, -0.2) is 0 Å². The third-order valence-corrected chi connectivity index (χ3v) is 8.80. The molecule has 0 bridgehead atoms. The van der Waals surface area contributed by atoms with Crippen LogP contribution < -0.4 is 15.8 Å². The number of likely N-dealkylation sites (tertiary alicyclic amines) is 1. The first-order chi connectivity index (χ1) is 17.1. The summed E-state index contributed by atoms with van der Waals surface area (Å²) in [7, 11) is 0. The van der Waals surface area contributed by atoms with Crippen molar-refractivity contribution >= 4 is 33.4 Å². The van der Waals surface area contributed by atoms with E-state index < -0.39 is 0 Å². The van der Waals surface area contributed by atoms with E-state index in [1.165, 1.54) is 25.7 Å². The largest absolute Gasteiger partial charge is 0.457 e. The number of hydrogen-bond donors (Lipinski definition) is 3. The molecule has 35 heavy (non-hydrogen) atoms. The molecular weight excluding hydrogens is 454 g/mol. The lowest BCUT2D eigenvalue weighted by molar-refractivity contribution is 0.234. The molecule has 3 aliphatic rings. The van der Waals surface area contributed by atoms with Crippen LogP contribution in [0.1, 0.15) is 44.7 Å². The maximum Gasteiger partial charge on any atom is 0.130 e. The molecule has 2 aliphatic heterocycles. The summed E-state index contributed by atoms with van der Waals surface area (Å²) in [5, 5.41) is 6.07. The van der Waals surface area contributed by atoms with Crippen molar-refractivity contribution in [2.75, 3.05) is 24.2 Å². The van der Waals surface area contributed by atoms with E-state index in [0.29, 0.717) is 24.2 Å². The van der Waals surface area contributed by atoms with E-state index in [9.17, 15) is 0 Å². The van der Waals surface area contributed by atoms with Gasteiger partial charge < -0.3 is 20.8 Å². The monoisotopic (exact) mass is 489 g/mol. The molecule has 4 N–H and O–H groups in total. The van der Waals surface area contributed by atoms with Gasteiger partial charge in [0.05, 0.1) is 22.9 Å². The van der Waals surface area contributed by atoms with Gasteiger partial charge in [-0.05, 0) is 50.5 Å². The number of aromatic amines is 1. The molecule has 0 amide bonds. The molecule has 2 fully saturated rings. The Morgan fingerprint density at radius 3 is 2.71 bits per heavy atom. The average Bonchev–Trinajstić information content (AvgIpc) is 3.66. The maximum atomic E-state index is 6.24. The summed E-state index contributed by atoms with van der Waals surface area (Å²) in [5.74, 6) is 2.73. The lowest BCUT2D eigenvalue weighted by Crippen LogP contribution is -2.40. The van der Waals surface area contributed by atoms with Crippen LogP contribution in [0.15, 0.2) is 53.5 Å². The van der Waals surface area contributed by atoms with Crippen molar-refractivity contribution in [2.45, 2.75) is 63.2 Å². The highest BCUT2D eigenvalue weighted by atomic mass is 32.2. The summed E-state index contributed by atoms with van der Waals surface area (Å²) < 4.78 is 6.24. The zero-order valence-electron chi connectivity index (χ0n) is 20.4. The summed E-state index contributed by atoms with van der Waals surface area (Å²) in [6.45, 7) is 4.37. The number of H-pyrrole nitrogens is 1. The van der Waals surface area contributed by atoms with Gasteiger partial charge in [-0.1, -0.05) is 31.0 Å². The number of rotatable bonds is 7. The van der Waals surface area contributed by atoms with E-state index in [0.717, 1.165) is 64.1 Å². The van der Waals surface area contributed by atoms with Crippen LogP contribution >= 0.6 is 11.8 Å². The number of benzene rings is 2. The molecule has 0 radical (unpaired) electrons. The highest BCUT2D eigenvalue weighted by molar-refractivity contribution is 8.14. The van der Waals surface area contributed by atoms with E-state index in [-0.39, 0.29) is 0 Å². The first-order valence-corrected chi connectivity index (χ1v) is 14.0. The molecule has 3 aromatic rings. The van der Waals surface area contributed by atoms with Gasteiger partial charge in [-0.15, -0.1) is 11.8 Å². The van der Waals surface area contributed by atoms with Gasteiger partial charge in [0.2, 0.25) is 0 Å². The number of hydrogen-bond acceptors (Lipinski definition) is 6. The van der Waals surface area contributed by atoms with Crippen LogP contribution in [0.3, 0.4) is 0 Å². The first kappa shape index (κ1) is 23.0. The van der Waals surface area contributed by atoms with Crippen molar-refractivity contribution in [3.8, 4) is 11.5 Å². The standard InChI is InChI=1S/C28H35N5OS/c1-18(33-12-11-20(29)16-33)26-17-35-28(32-26)25-14-19-13-23(34-22-9-3-2-4-10-22)15-24(27(19)31-25)30-21-7-5-6-8-21/h2-4,9-10,13-15,18,20-21,26,30-31H,5-8,11-12,16-17,29H2,1H3/t18?,20-,26+/m0/s1. The minimum Gasteiger partial charge on any atom is -0.457 e. The third kappa shape index (κ3) is 4.95. The molecule has 1 aromatic heterocycles. The fourth-order valence-electron chi connectivity index (χ4n) is 5.63. The van der Waals surface area contributed by atoms with Gasteiger partial charge in [-0.2, -0.15) is 0 Å². The van der Waals surface area contributed by atoms with Crippen molar-refractivity contribution in [1.29, 1.82) is 0 Å². The van der Waals surface area contributed by atoms with Gasteiger partial charge in [0.25, 0.3) is 0 Å². The fraction of sp³-hybridized carbons (Fsp3) is 0.464. The first-order valence-electron chi connectivity index (χ1n) is 13.0. The summed E-state index contributed by atoms with van der Waals surface area (Å²) in [6.07, 6.45) is 6.13. The Kier molecular flexibility index (Phi) is 6.48. The number of aromatic nitrogens is 1. The Morgan fingerprint density at radius 1 is 1.11 bits per heavy atom. The van der Waals surface area contributed by atoms with E-state index in [1.807, 2.05) is 42.1 Å². The topological polar surface area (TPSA) is 78.7 Å². The molecule has 1 saturated heterocycles. The summed E-state index contributed by atoms with van der Waals surface area (Å²) in [5.41, 5.74) is 9.51. The van der Waals surface area contributed by atoms with Crippen molar-refractivity contribution in [1.82, 2.24) is 9.88 Å². The Labute approximate surface area is 211 Å². The second kappa shape index (κ2) is 9.88. The SMILES string of the molecule is CC([C@H]1CSC(c2cc3cc(Oc4ccccc4)cc(NC4CCCC4)c3[nH]2)=N1)N1CC[C@H](N)C1. The van der Waals surface area contributed by atoms with Crippen LogP contribution in [0.4, 0.5) is 5.69 Å². The molecule has 184 valence electrons. The third-order valence-electron chi connectivity index (χ3n) is 7.69. The molecule has 1 saturated carbocycles. The number of fused-ring (bicyclic) bond motifs is 1. The zero-order valence-corrected chi connectivity index (χ0v) is 21.2. The van der Waals surface area contributed by atoms with E-state index in [4.69, 9.17) is 15.5 Å². The molecule has 1 aliphatic carbocycles. The molecule has 6 rings (SSSR count). The normalized spacial score (nSPS) is 24.2. The van der Waals surface area contributed by atoms with Crippen molar-refractivity contribution in [3.05, 3.63) is 54.2 Å². The highest BCUT2D eigenvalue weighted by Crippen LogP contribution is 2.36. The molecule has 1 unspecified atom stereocenters. The van der Waals surface area contributed by atoms with Gasteiger partial charge in [-0.3, -0.25) is 9.89 Å². The van der Waals surface area contributed by atoms with Crippen LogP contribution in [0, 0.1) is 0 Å². The molecule has 7 heteroatoms. The second-order valence-electron chi connectivity index (χ2n) is 10.3. The smallest absolute Gasteiger partial charge is 0.130 e. The molecular formula is C28H35N5OS. The number of ether oxygens (including phenoxy) is 1. The van der Waals surface area contributed by atoms with Crippen molar-refractivity contribution < 1.29 is 4.74 Å². The number of para-hydroxylation sites is 1. The van der Waals surface area contributed by atoms with Gasteiger partial charge in [0.15, 0.2) is 0 Å². The Balaban J connectivity index is 1.29. The average molecular weight is 490 g/mol. The number of nitrogens with one attached hydrogen (secondary N) is 2. The summed E-state index contributed by atoms with van der Waals surface area (Å²) >= 11 is 1.86. The number of aliphatic imine (C=N–C) groups is 1.